The third kappa shape index (κ3) is 3.28. The second kappa shape index (κ2) is 6.95. The Hall–Kier alpha value is -3.22. The van der Waals surface area contributed by atoms with Gasteiger partial charge in [-0.2, -0.15) is 0 Å². The Morgan fingerprint density at radius 2 is 1.85 bits per heavy atom. The van der Waals surface area contributed by atoms with E-state index in [2.05, 4.69) is 15.6 Å². The topological polar surface area (TPSA) is 91.4 Å². The Morgan fingerprint density at radius 3 is 2.50 bits per heavy atom. The van der Waals surface area contributed by atoms with Gasteiger partial charge in [-0.15, -0.1) is 0 Å². The molecule has 2 aromatic rings. The first-order chi connectivity index (χ1) is 12.4. The van der Waals surface area contributed by atoms with Gasteiger partial charge in [-0.3, -0.25) is 19.5 Å². The van der Waals surface area contributed by atoms with Crippen LogP contribution >= 0.6 is 0 Å². The normalized spacial score (nSPS) is 20.6. The summed E-state index contributed by atoms with van der Waals surface area (Å²) in [5, 5.41) is 5.48. The van der Waals surface area contributed by atoms with Crippen LogP contribution in [0.3, 0.4) is 0 Å². The molecule has 7 heteroatoms. The molecule has 134 valence electrons. The molecule has 0 saturated carbocycles. The highest BCUT2D eigenvalue weighted by Gasteiger charge is 2.49. The van der Waals surface area contributed by atoms with Gasteiger partial charge in [-0.25, -0.2) is 4.79 Å². The van der Waals surface area contributed by atoms with Gasteiger partial charge in [0.1, 0.15) is 12.1 Å². The quantitative estimate of drug-likeness (QED) is 0.802. The fraction of sp³-hybridized carbons (Fsp3) is 0.263. The smallest absolute Gasteiger partial charge is 0.325 e. The summed E-state index contributed by atoms with van der Waals surface area (Å²) in [6.07, 6.45) is 3.28. The molecular formula is C19H20N4O3. The van der Waals surface area contributed by atoms with E-state index in [0.29, 0.717) is 5.56 Å². The first-order valence-electron chi connectivity index (χ1n) is 8.31. The number of amides is 4. The minimum absolute atomic E-state index is 0.258. The molecule has 2 N–H and O–H groups in total. The molecule has 0 bridgehead atoms. The maximum atomic E-state index is 12.8. The minimum Gasteiger partial charge on any atom is -0.348 e. The van der Waals surface area contributed by atoms with Gasteiger partial charge < -0.3 is 10.6 Å². The lowest BCUT2D eigenvalue weighted by Gasteiger charge is -2.22. The lowest BCUT2D eigenvalue weighted by molar-refractivity contribution is -0.135. The molecule has 1 aromatic carbocycles. The van der Waals surface area contributed by atoms with E-state index in [1.807, 2.05) is 13.0 Å². The number of aromatic nitrogens is 1. The Kier molecular flexibility index (Phi) is 4.71. The fourth-order valence-corrected chi connectivity index (χ4v) is 2.97. The van der Waals surface area contributed by atoms with Crippen molar-refractivity contribution in [2.24, 2.45) is 0 Å². The predicted octanol–water partition coefficient (Wildman–Crippen LogP) is 1.73. The summed E-state index contributed by atoms with van der Waals surface area (Å²) in [6, 6.07) is 11.7. The lowest BCUT2D eigenvalue weighted by atomic mass is 9.92. The molecule has 1 aliphatic rings. The average molecular weight is 352 g/mol. The number of pyridine rings is 1. The number of hydrogen-bond acceptors (Lipinski definition) is 4. The molecule has 2 heterocycles. The van der Waals surface area contributed by atoms with Gasteiger partial charge in [-0.05, 0) is 37.1 Å². The number of nitrogens with one attached hydrogen (secondary N) is 2. The molecular weight excluding hydrogens is 332 g/mol. The van der Waals surface area contributed by atoms with E-state index in [1.54, 1.807) is 55.7 Å². The van der Waals surface area contributed by atoms with E-state index < -0.39 is 23.4 Å². The fourth-order valence-electron chi connectivity index (χ4n) is 2.97. The SMILES string of the molecule is CC(NC(=O)CN1C(=O)NC(C)(c2ccccc2)C1=O)c1ccncc1. The minimum atomic E-state index is -1.17. The van der Waals surface area contributed by atoms with E-state index in [1.165, 1.54) is 0 Å². The Bertz CT molecular complexity index is 825. The van der Waals surface area contributed by atoms with Crippen molar-refractivity contribution in [3.05, 3.63) is 66.0 Å². The Balaban J connectivity index is 1.69. The predicted molar refractivity (Wildman–Crippen MR) is 94.8 cm³/mol. The van der Waals surface area contributed by atoms with Gasteiger partial charge in [0.15, 0.2) is 0 Å². The molecule has 0 radical (unpaired) electrons. The molecule has 3 rings (SSSR count). The van der Waals surface area contributed by atoms with Crippen molar-refractivity contribution >= 4 is 17.8 Å². The highest BCUT2D eigenvalue weighted by Crippen LogP contribution is 2.28. The van der Waals surface area contributed by atoms with Crippen molar-refractivity contribution in [3.8, 4) is 0 Å². The van der Waals surface area contributed by atoms with Crippen molar-refractivity contribution in [2.75, 3.05) is 6.54 Å². The summed E-state index contributed by atoms with van der Waals surface area (Å²) < 4.78 is 0. The summed E-state index contributed by atoms with van der Waals surface area (Å²) in [5.74, 6) is -0.851. The number of rotatable bonds is 5. The third-order valence-corrected chi connectivity index (χ3v) is 4.51. The summed E-state index contributed by atoms with van der Waals surface area (Å²) in [6.45, 7) is 3.13. The maximum Gasteiger partial charge on any atom is 0.325 e. The van der Waals surface area contributed by atoms with Crippen LogP contribution in [0, 0.1) is 0 Å². The van der Waals surface area contributed by atoms with Crippen molar-refractivity contribution in [1.29, 1.82) is 0 Å². The van der Waals surface area contributed by atoms with Crippen LogP contribution < -0.4 is 10.6 Å². The van der Waals surface area contributed by atoms with Gasteiger partial charge in [0.2, 0.25) is 5.91 Å². The van der Waals surface area contributed by atoms with E-state index >= 15 is 0 Å². The van der Waals surface area contributed by atoms with E-state index in [0.717, 1.165) is 10.5 Å². The molecule has 1 aliphatic heterocycles. The lowest BCUT2D eigenvalue weighted by Crippen LogP contribution is -2.43. The molecule has 1 aromatic heterocycles. The first kappa shape index (κ1) is 17.6. The van der Waals surface area contributed by atoms with Crippen LogP contribution in [0.1, 0.15) is 31.0 Å². The van der Waals surface area contributed by atoms with Crippen LogP contribution in [0.5, 0.6) is 0 Å². The van der Waals surface area contributed by atoms with Crippen molar-refractivity contribution in [2.45, 2.75) is 25.4 Å². The number of imide groups is 1. The summed E-state index contributed by atoms with van der Waals surface area (Å²) in [4.78, 5) is 42.3. The number of carbonyl (C=O) groups excluding carboxylic acids is 3. The van der Waals surface area contributed by atoms with Gasteiger partial charge in [0, 0.05) is 12.4 Å². The number of carbonyl (C=O) groups is 3. The summed E-state index contributed by atoms with van der Waals surface area (Å²) in [7, 11) is 0. The Labute approximate surface area is 151 Å². The van der Waals surface area contributed by atoms with Crippen molar-refractivity contribution in [1.82, 2.24) is 20.5 Å². The monoisotopic (exact) mass is 352 g/mol. The van der Waals surface area contributed by atoms with Gasteiger partial charge in [-0.1, -0.05) is 30.3 Å². The zero-order chi connectivity index (χ0) is 18.7. The molecule has 0 aliphatic carbocycles. The average Bonchev–Trinajstić information content (AvgIpc) is 2.87. The second-order valence-electron chi connectivity index (χ2n) is 6.38. The molecule has 2 unspecified atom stereocenters. The number of nitrogens with zero attached hydrogens (tertiary/aromatic N) is 2. The Morgan fingerprint density at radius 1 is 1.19 bits per heavy atom. The standard InChI is InChI=1S/C19H20N4O3/c1-13(14-8-10-20-11-9-14)21-16(24)12-23-17(25)19(2,22-18(23)26)15-6-4-3-5-7-15/h3-11,13H,12H2,1-2H3,(H,21,24)(H,22,26). The zero-order valence-corrected chi connectivity index (χ0v) is 14.6. The largest absolute Gasteiger partial charge is 0.348 e. The maximum absolute atomic E-state index is 12.8. The molecule has 4 amide bonds. The molecule has 0 spiro atoms. The summed E-state index contributed by atoms with van der Waals surface area (Å²) >= 11 is 0. The van der Waals surface area contributed by atoms with Crippen molar-refractivity contribution in [3.63, 3.8) is 0 Å². The molecule has 1 saturated heterocycles. The van der Waals surface area contributed by atoms with Crippen molar-refractivity contribution < 1.29 is 14.4 Å². The van der Waals surface area contributed by atoms with Crippen LogP contribution in [0.2, 0.25) is 0 Å². The van der Waals surface area contributed by atoms with Gasteiger partial charge >= 0.3 is 6.03 Å². The second-order valence-corrected chi connectivity index (χ2v) is 6.38. The van der Waals surface area contributed by atoms with E-state index in [9.17, 15) is 14.4 Å². The highest BCUT2D eigenvalue weighted by molar-refractivity contribution is 6.09. The number of urea groups is 1. The van der Waals surface area contributed by atoms with Crippen LogP contribution in [0.25, 0.3) is 0 Å². The highest BCUT2D eigenvalue weighted by atomic mass is 16.2. The van der Waals surface area contributed by atoms with Crippen LogP contribution in [0.15, 0.2) is 54.9 Å². The van der Waals surface area contributed by atoms with Crippen LogP contribution in [-0.2, 0) is 15.1 Å². The molecule has 1 fully saturated rings. The molecule has 7 nitrogen and oxygen atoms in total. The third-order valence-electron chi connectivity index (χ3n) is 4.51. The van der Waals surface area contributed by atoms with E-state index in [4.69, 9.17) is 0 Å². The van der Waals surface area contributed by atoms with Gasteiger partial charge in [0.25, 0.3) is 5.91 Å². The van der Waals surface area contributed by atoms with Crippen LogP contribution in [0.4, 0.5) is 4.79 Å². The van der Waals surface area contributed by atoms with E-state index in [-0.39, 0.29) is 12.6 Å². The zero-order valence-electron chi connectivity index (χ0n) is 14.6. The number of hydrogen-bond donors (Lipinski definition) is 2. The summed E-state index contributed by atoms with van der Waals surface area (Å²) in [5.41, 5.74) is 0.390. The van der Waals surface area contributed by atoms with Crippen LogP contribution in [-0.4, -0.2) is 34.3 Å². The van der Waals surface area contributed by atoms with Gasteiger partial charge in [0.05, 0.1) is 6.04 Å². The first-order valence-corrected chi connectivity index (χ1v) is 8.31. The molecule has 26 heavy (non-hydrogen) atoms. The molecule has 2 atom stereocenters. The number of benzene rings is 1.